The van der Waals surface area contributed by atoms with Crippen LogP contribution in [-0.4, -0.2) is 0 Å². The minimum atomic E-state index is -4.24. The van der Waals surface area contributed by atoms with E-state index in [1.165, 1.54) is 0 Å². The number of hydrogen-bond acceptors (Lipinski definition) is 0. The Balaban J connectivity index is 2.19. The Kier molecular flexibility index (Phi) is 3.22. The zero-order valence-electron chi connectivity index (χ0n) is 8.98. The van der Waals surface area contributed by atoms with E-state index in [0.29, 0.717) is 17.9 Å². The van der Waals surface area contributed by atoms with E-state index in [-0.39, 0.29) is 0 Å². The Bertz CT molecular complexity index is 348. The third-order valence-corrected chi connectivity index (χ3v) is 3.24. The van der Waals surface area contributed by atoms with Gasteiger partial charge in [0, 0.05) is 0 Å². The molecule has 1 aromatic rings. The zero-order valence-corrected chi connectivity index (χ0v) is 8.98. The third-order valence-electron chi connectivity index (χ3n) is 3.24. The van der Waals surface area contributed by atoms with Gasteiger partial charge >= 0.3 is 6.18 Å². The fourth-order valence-corrected chi connectivity index (χ4v) is 2.43. The quantitative estimate of drug-likeness (QED) is 0.709. The summed E-state index contributed by atoms with van der Waals surface area (Å²) in [5.41, 5.74) is -0.0833. The van der Waals surface area contributed by atoms with E-state index in [9.17, 15) is 13.2 Å². The van der Waals surface area contributed by atoms with Crippen LogP contribution in [0.3, 0.4) is 0 Å². The van der Waals surface area contributed by atoms with E-state index in [1.54, 1.807) is 12.1 Å². The topological polar surface area (TPSA) is 0 Å². The predicted molar refractivity (Wildman–Crippen MR) is 55.9 cm³/mol. The maximum Gasteiger partial charge on any atom is 0.416 e. The van der Waals surface area contributed by atoms with Gasteiger partial charge in [-0.15, -0.1) is 0 Å². The van der Waals surface area contributed by atoms with Crippen molar-refractivity contribution < 1.29 is 13.2 Å². The van der Waals surface area contributed by atoms with Crippen LogP contribution in [0.25, 0.3) is 0 Å². The van der Waals surface area contributed by atoms with E-state index in [2.05, 4.69) is 6.07 Å². The molecule has 0 aromatic heterocycles. The lowest BCUT2D eigenvalue weighted by Gasteiger charge is -2.15. The Morgan fingerprint density at radius 1 is 1.25 bits per heavy atom. The molecular formula is C13H14F3. The van der Waals surface area contributed by atoms with Crippen molar-refractivity contribution in [3.63, 3.8) is 0 Å². The van der Waals surface area contributed by atoms with Gasteiger partial charge in [0.25, 0.3) is 0 Å². The normalized spacial score (nSPS) is 17.9. The highest BCUT2D eigenvalue weighted by atomic mass is 19.4. The highest BCUT2D eigenvalue weighted by Crippen LogP contribution is 2.35. The van der Waals surface area contributed by atoms with Gasteiger partial charge in [0.1, 0.15) is 0 Å². The average molecular weight is 227 g/mol. The van der Waals surface area contributed by atoms with Gasteiger partial charge in [-0.05, 0) is 30.0 Å². The Morgan fingerprint density at radius 3 is 2.56 bits per heavy atom. The van der Waals surface area contributed by atoms with Crippen LogP contribution in [0.5, 0.6) is 0 Å². The second-order valence-electron chi connectivity index (χ2n) is 4.44. The third kappa shape index (κ3) is 2.57. The summed E-state index contributed by atoms with van der Waals surface area (Å²) in [7, 11) is 0. The standard InChI is InChI=1S/C13H14F3/c14-13(15,16)12-8-4-3-7-11(12)9-10-5-1-2-6-10/h3,7-8,10H,1-2,5-6,9H2. The summed E-state index contributed by atoms with van der Waals surface area (Å²) in [6.07, 6.45) is 0.761. The van der Waals surface area contributed by atoms with Crippen LogP contribution >= 0.6 is 0 Å². The predicted octanol–water partition coefficient (Wildman–Crippen LogP) is 4.24. The molecule has 1 aliphatic carbocycles. The summed E-state index contributed by atoms with van der Waals surface area (Å²) in [5, 5.41) is 0. The van der Waals surface area contributed by atoms with E-state index < -0.39 is 11.7 Å². The number of alkyl halides is 3. The lowest BCUT2D eigenvalue weighted by Crippen LogP contribution is -2.11. The molecule has 0 N–H and O–H groups in total. The molecule has 87 valence electrons. The molecule has 0 unspecified atom stereocenters. The van der Waals surface area contributed by atoms with Crippen molar-refractivity contribution in [3.8, 4) is 0 Å². The van der Waals surface area contributed by atoms with Crippen LogP contribution in [0.2, 0.25) is 0 Å². The molecule has 1 fully saturated rings. The van der Waals surface area contributed by atoms with Gasteiger partial charge < -0.3 is 0 Å². The van der Waals surface area contributed by atoms with E-state index >= 15 is 0 Å². The second kappa shape index (κ2) is 4.48. The van der Waals surface area contributed by atoms with Crippen LogP contribution in [0, 0.1) is 12.0 Å². The molecule has 0 aliphatic heterocycles. The Hall–Kier alpha value is -0.990. The van der Waals surface area contributed by atoms with Crippen molar-refractivity contribution in [2.24, 2.45) is 5.92 Å². The van der Waals surface area contributed by atoms with Crippen LogP contribution in [0.4, 0.5) is 13.2 Å². The van der Waals surface area contributed by atoms with Crippen LogP contribution in [-0.2, 0) is 12.6 Å². The lowest BCUT2D eigenvalue weighted by atomic mass is 9.94. The minimum Gasteiger partial charge on any atom is -0.166 e. The summed E-state index contributed by atoms with van der Waals surface area (Å²) < 4.78 is 38.1. The maximum absolute atomic E-state index is 12.7. The molecule has 3 heteroatoms. The molecule has 1 saturated carbocycles. The molecular weight excluding hydrogens is 213 g/mol. The molecule has 0 nitrogen and oxygen atoms in total. The van der Waals surface area contributed by atoms with Gasteiger partial charge in [-0.1, -0.05) is 37.8 Å². The molecule has 0 spiro atoms. The molecule has 2 rings (SSSR count). The molecule has 0 heterocycles. The largest absolute Gasteiger partial charge is 0.416 e. The SMILES string of the molecule is FC(F)(F)c1c[c]ccc1CC1CCCC1. The molecule has 1 radical (unpaired) electrons. The van der Waals surface area contributed by atoms with E-state index in [1.807, 2.05) is 0 Å². The first-order chi connectivity index (χ1) is 7.57. The van der Waals surface area contributed by atoms with E-state index in [4.69, 9.17) is 0 Å². The van der Waals surface area contributed by atoms with Crippen LogP contribution in [0.15, 0.2) is 18.2 Å². The molecule has 0 bridgehead atoms. The van der Waals surface area contributed by atoms with Gasteiger partial charge in [-0.3, -0.25) is 0 Å². The maximum atomic E-state index is 12.7. The van der Waals surface area contributed by atoms with Crippen molar-refractivity contribution in [3.05, 3.63) is 35.4 Å². The Morgan fingerprint density at radius 2 is 1.94 bits per heavy atom. The molecule has 1 aromatic carbocycles. The fraction of sp³-hybridized carbons (Fsp3) is 0.538. The van der Waals surface area contributed by atoms with Crippen molar-refractivity contribution >= 4 is 0 Å². The number of halogens is 3. The summed E-state index contributed by atoms with van der Waals surface area (Å²) in [4.78, 5) is 0. The average Bonchev–Trinajstić information content (AvgIpc) is 2.70. The van der Waals surface area contributed by atoms with Crippen molar-refractivity contribution in [1.82, 2.24) is 0 Å². The first kappa shape index (κ1) is 11.5. The monoisotopic (exact) mass is 227 g/mol. The van der Waals surface area contributed by atoms with Crippen LogP contribution in [0.1, 0.15) is 36.8 Å². The van der Waals surface area contributed by atoms with Crippen LogP contribution < -0.4 is 0 Å². The lowest BCUT2D eigenvalue weighted by molar-refractivity contribution is -0.138. The first-order valence-electron chi connectivity index (χ1n) is 5.63. The second-order valence-corrected chi connectivity index (χ2v) is 4.44. The summed E-state index contributed by atoms with van der Waals surface area (Å²) >= 11 is 0. The first-order valence-corrected chi connectivity index (χ1v) is 5.63. The molecule has 1 aliphatic rings. The number of rotatable bonds is 2. The van der Waals surface area contributed by atoms with Crippen molar-refractivity contribution in [2.75, 3.05) is 0 Å². The van der Waals surface area contributed by atoms with Gasteiger partial charge in [-0.25, -0.2) is 0 Å². The van der Waals surface area contributed by atoms with Gasteiger partial charge in [0.15, 0.2) is 0 Å². The molecule has 16 heavy (non-hydrogen) atoms. The number of benzene rings is 1. The smallest absolute Gasteiger partial charge is 0.166 e. The highest BCUT2D eigenvalue weighted by molar-refractivity contribution is 5.29. The van der Waals surface area contributed by atoms with Crippen molar-refractivity contribution in [1.29, 1.82) is 0 Å². The minimum absolute atomic E-state index is 0.429. The van der Waals surface area contributed by atoms with Gasteiger partial charge in [0.2, 0.25) is 0 Å². The molecule has 0 atom stereocenters. The summed E-state index contributed by atoms with van der Waals surface area (Å²) in [6.45, 7) is 0. The zero-order chi connectivity index (χ0) is 11.6. The van der Waals surface area contributed by atoms with E-state index in [0.717, 1.165) is 31.7 Å². The van der Waals surface area contributed by atoms with Crippen molar-refractivity contribution in [2.45, 2.75) is 38.3 Å². The fourth-order valence-electron chi connectivity index (χ4n) is 2.43. The molecule has 0 saturated heterocycles. The number of hydrogen-bond donors (Lipinski definition) is 0. The van der Waals surface area contributed by atoms with Gasteiger partial charge in [-0.2, -0.15) is 13.2 Å². The summed E-state index contributed by atoms with van der Waals surface area (Å²) in [5.74, 6) is 0.434. The van der Waals surface area contributed by atoms with Gasteiger partial charge in [0.05, 0.1) is 5.56 Å². The highest BCUT2D eigenvalue weighted by Gasteiger charge is 2.33. The Labute approximate surface area is 93.5 Å². The summed E-state index contributed by atoms with van der Waals surface area (Å²) in [6, 6.07) is 6.70. The molecule has 0 amide bonds.